The summed E-state index contributed by atoms with van der Waals surface area (Å²) in [5.74, 6) is -1.21. The average molecular weight is 608 g/mol. The largest absolute Gasteiger partial charge is 0.445 e. The number of fused-ring (bicyclic) bond motifs is 1. The van der Waals surface area contributed by atoms with Crippen LogP contribution in [0.1, 0.15) is 58.9 Å². The molecule has 43 heavy (non-hydrogen) atoms. The molecular weight excluding hydrogens is 573 g/mol. The zero-order valence-electron chi connectivity index (χ0n) is 24.5. The second kappa shape index (κ2) is 12.6. The van der Waals surface area contributed by atoms with Crippen LogP contribution in [0.5, 0.6) is 0 Å². The quantitative estimate of drug-likeness (QED) is 0.276. The van der Waals surface area contributed by atoms with Gasteiger partial charge in [-0.3, -0.25) is 14.5 Å². The summed E-state index contributed by atoms with van der Waals surface area (Å²) in [5, 5.41) is 10.4. The Morgan fingerprint density at radius 2 is 1.77 bits per heavy atom. The van der Waals surface area contributed by atoms with Crippen LogP contribution in [0.4, 0.5) is 15.0 Å². The summed E-state index contributed by atoms with van der Waals surface area (Å²) in [6.45, 7) is 10.7. The van der Waals surface area contributed by atoms with Gasteiger partial charge in [0, 0.05) is 30.8 Å². The maximum atomic E-state index is 14.5. The molecule has 0 bridgehead atoms. The van der Waals surface area contributed by atoms with Gasteiger partial charge in [0.1, 0.15) is 10.6 Å². The summed E-state index contributed by atoms with van der Waals surface area (Å²) in [4.78, 5) is 42.3. The molecule has 226 valence electrons. The number of amides is 2. The van der Waals surface area contributed by atoms with Crippen LogP contribution in [0.2, 0.25) is 0 Å². The van der Waals surface area contributed by atoms with Crippen molar-refractivity contribution in [3.8, 4) is 0 Å². The van der Waals surface area contributed by atoms with E-state index in [1.54, 1.807) is 64.1 Å². The smallest absolute Gasteiger partial charge is 0.436 e. The molecule has 1 fully saturated rings. The number of nitrogens with one attached hydrogen (secondary N) is 2. The Bertz CT molecular complexity index is 1640. The maximum Gasteiger partial charge on any atom is 0.436 e. The number of nitrogens with zero attached hydrogens (tertiary/aromatic N) is 3. The Kier molecular flexibility index (Phi) is 8.90. The number of hydrogen-bond donors (Lipinski definition) is 2. The molecule has 0 atom stereocenters. The predicted octanol–water partition coefficient (Wildman–Crippen LogP) is 5.38. The Morgan fingerprint density at radius 3 is 2.44 bits per heavy atom. The minimum absolute atomic E-state index is 0.113. The van der Waals surface area contributed by atoms with Gasteiger partial charge in [-0.25, -0.2) is 9.18 Å². The molecule has 2 aromatic heterocycles. The fourth-order valence-corrected chi connectivity index (χ4v) is 5.82. The Balaban J connectivity index is 1.39. The van der Waals surface area contributed by atoms with Crippen LogP contribution >= 0.6 is 11.3 Å². The summed E-state index contributed by atoms with van der Waals surface area (Å²) < 4.78 is 26.3. The molecule has 0 unspecified atom stereocenters. The van der Waals surface area contributed by atoms with Crippen LogP contribution in [0.3, 0.4) is 0 Å². The summed E-state index contributed by atoms with van der Waals surface area (Å²) in [7, 11) is 0. The zero-order chi connectivity index (χ0) is 30.7. The standard InChI is InChI=1S/C31H34FN5O5S/c1-19(2)42-30(40)37-29-22(17-25(43-29)28(39)34-31(3,4)23-7-5-6-8-24(23)32)26(35-37)33-27(38)21-11-9-20(10-12-21)18-36-13-15-41-16-14-36/h5-12,17,19H,13-16,18H2,1-4H3,(H,34,39)(H,33,35,38). The molecule has 0 radical (unpaired) electrons. The number of rotatable bonds is 8. The van der Waals surface area contributed by atoms with Crippen molar-refractivity contribution in [2.45, 2.75) is 45.9 Å². The van der Waals surface area contributed by atoms with Crippen LogP contribution < -0.4 is 10.6 Å². The molecule has 2 amide bonds. The number of anilines is 1. The number of carbonyl (C=O) groups is 3. The molecule has 0 saturated carbocycles. The molecule has 3 heterocycles. The van der Waals surface area contributed by atoms with Crippen LogP contribution in [0.25, 0.3) is 10.2 Å². The Hall–Kier alpha value is -4.13. The third-order valence-electron chi connectivity index (χ3n) is 7.02. The highest BCUT2D eigenvalue weighted by molar-refractivity contribution is 7.20. The highest BCUT2D eigenvalue weighted by Gasteiger charge is 2.29. The number of ether oxygens (including phenoxy) is 2. The number of morpholine rings is 1. The van der Waals surface area contributed by atoms with Gasteiger partial charge in [0.2, 0.25) is 0 Å². The van der Waals surface area contributed by atoms with Crippen LogP contribution in [-0.2, 0) is 21.6 Å². The number of halogens is 1. The second-order valence-electron chi connectivity index (χ2n) is 11.1. The monoisotopic (exact) mass is 607 g/mol. The van der Waals surface area contributed by atoms with Crippen molar-refractivity contribution >= 4 is 45.3 Å². The van der Waals surface area contributed by atoms with Crippen molar-refractivity contribution in [3.05, 3.63) is 82.0 Å². The van der Waals surface area contributed by atoms with E-state index in [9.17, 15) is 18.8 Å². The fourth-order valence-electron chi connectivity index (χ4n) is 4.83. The number of carbonyl (C=O) groups excluding carboxylic acids is 3. The Morgan fingerprint density at radius 1 is 1.07 bits per heavy atom. The van der Waals surface area contributed by atoms with Crippen molar-refractivity contribution in [3.63, 3.8) is 0 Å². The molecule has 1 aliphatic heterocycles. The first kappa shape index (κ1) is 30.3. The SMILES string of the molecule is CC(C)OC(=O)n1nc(NC(=O)c2ccc(CN3CCOCC3)cc2)c2cc(C(=O)NC(C)(C)c3ccccc3F)sc21. The van der Waals surface area contributed by atoms with Crippen molar-refractivity contribution in [2.24, 2.45) is 0 Å². The van der Waals surface area contributed by atoms with E-state index < -0.39 is 35.4 Å². The number of aromatic nitrogens is 2. The predicted molar refractivity (Wildman–Crippen MR) is 162 cm³/mol. The van der Waals surface area contributed by atoms with Gasteiger partial charge in [-0.2, -0.15) is 4.68 Å². The lowest BCUT2D eigenvalue weighted by Gasteiger charge is -2.27. The van der Waals surface area contributed by atoms with E-state index in [4.69, 9.17) is 9.47 Å². The molecule has 0 spiro atoms. The van der Waals surface area contributed by atoms with Crippen molar-refractivity contribution < 1.29 is 28.2 Å². The first-order chi connectivity index (χ1) is 20.5. The van der Waals surface area contributed by atoms with Gasteiger partial charge >= 0.3 is 6.09 Å². The molecule has 2 aromatic carbocycles. The van der Waals surface area contributed by atoms with Gasteiger partial charge in [0.15, 0.2) is 5.82 Å². The summed E-state index contributed by atoms with van der Waals surface area (Å²) in [6.07, 6.45) is -1.15. The van der Waals surface area contributed by atoms with E-state index in [2.05, 4.69) is 20.6 Å². The molecule has 1 saturated heterocycles. The molecule has 0 aliphatic carbocycles. The van der Waals surface area contributed by atoms with Gasteiger partial charge in [-0.1, -0.05) is 30.3 Å². The Labute approximate surface area is 252 Å². The van der Waals surface area contributed by atoms with Gasteiger partial charge in [-0.05, 0) is 57.5 Å². The van der Waals surface area contributed by atoms with Crippen LogP contribution in [0.15, 0.2) is 54.6 Å². The second-order valence-corrected chi connectivity index (χ2v) is 12.2. The fraction of sp³-hybridized carbons (Fsp3) is 0.355. The first-order valence-corrected chi connectivity index (χ1v) is 14.8. The highest BCUT2D eigenvalue weighted by Crippen LogP contribution is 2.33. The van der Waals surface area contributed by atoms with Gasteiger partial charge in [0.05, 0.1) is 35.1 Å². The molecular formula is C31H34FN5O5S. The number of hydrogen-bond acceptors (Lipinski definition) is 8. The van der Waals surface area contributed by atoms with Crippen molar-refractivity contribution in [1.82, 2.24) is 20.0 Å². The zero-order valence-corrected chi connectivity index (χ0v) is 25.3. The van der Waals surface area contributed by atoms with E-state index in [0.29, 0.717) is 34.6 Å². The number of benzene rings is 2. The topological polar surface area (TPSA) is 115 Å². The van der Waals surface area contributed by atoms with Crippen LogP contribution in [0, 0.1) is 5.82 Å². The molecule has 12 heteroatoms. The third-order valence-corrected chi connectivity index (χ3v) is 8.13. The van der Waals surface area contributed by atoms with E-state index >= 15 is 0 Å². The molecule has 5 rings (SSSR count). The third kappa shape index (κ3) is 6.93. The molecule has 10 nitrogen and oxygen atoms in total. The van der Waals surface area contributed by atoms with Gasteiger partial charge in [0.25, 0.3) is 11.8 Å². The normalized spacial score (nSPS) is 14.2. The van der Waals surface area contributed by atoms with Crippen molar-refractivity contribution in [2.75, 3.05) is 31.6 Å². The minimum Gasteiger partial charge on any atom is -0.445 e. The maximum absolute atomic E-state index is 14.5. The molecule has 2 N–H and O–H groups in total. The summed E-state index contributed by atoms with van der Waals surface area (Å²) in [6, 6.07) is 15.1. The van der Waals surface area contributed by atoms with Crippen molar-refractivity contribution in [1.29, 1.82) is 0 Å². The lowest BCUT2D eigenvalue weighted by molar-refractivity contribution is 0.0342. The highest BCUT2D eigenvalue weighted by atomic mass is 32.1. The van der Waals surface area contributed by atoms with E-state index in [1.807, 2.05) is 12.1 Å². The summed E-state index contributed by atoms with van der Waals surface area (Å²) in [5.41, 5.74) is 0.804. The average Bonchev–Trinajstić information content (AvgIpc) is 3.54. The molecule has 4 aromatic rings. The summed E-state index contributed by atoms with van der Waals surface area (Å²) >= 11 is 1.02. The lowest BCUT2D eigenvalue weighted by atomic mass is 9.93. The van der Waals surface area contributed by atoms with Gasteiger partial charge in [-0.15, -0.1) is 16.4 Å². The van der Waals surface area contributed by atoms with Crippen LogP contribution in [-0.4, -0.2) is 65.0 Å². The van der Waals surface area contributed by atoms with E-state index in [0.717, 1.165) is 41.2 Å². The van der Waals surface area contributed by atoms with E-state index in [1.165, 1.54) is 6.07 Å². The minimum atomic E-state index is -1.02. The number of thiophene rings is 1. The lowest BCUT2D eigenvalue weighted by Crippen LogP contribution is -2.41. The molecule has 1 aliphatic rings. The van der Waals surface area contributed by atoms with Gasteiger partial charge < -0.3 is 20.1 Å². The van der Waals surface area contributed by atoms with E-state index in [-0.39, 0.29) is 10.7 Å². The first-order valence-electron chi connectivity index (χ1n) is 14.0.